The van der Waals surface area contributed by atoms with Crippen molar-refractivity contribution in [2.75, 3.05) is 13.2 Å². The summed E-state index contributed by atoms with van der Waals surface area (Å²) in [6, 6.07) is 9.80. The number of amides is 1. The molecule has 0 aliphatic heterocycles. The number of rotatable bonds is 7. The van der Waals surface area contributed by atoms with E-state index in [0.29, 0.717) is 25.8 Å². The van der Waals surface area contributed by atoms with Crippen LogP contribution in [0, 0.1) is 0 Å². The van der Waals surface area contributed by atoms with Gasteiger partial charge in [0.25, 0.3) is 0 Å². The van der Waals surface area contributed by atoms with Crippen molar-refractivity contribution in [1.29, 1.82) is 0 Å². The molecule has 4 nitrogen and oxygen atoms in total. The summed E-state index contributed by atoms with van der Waals surface area (Å²) in [7, 11) is 0. The lowest BCUT2D eigenvalue weighted by Gasteiger charge is -2.06. The highest BCUT2D eigenvalue weighted by Crippen LogP contribution is 2.02. The molecular formula is C14H19NO3. The summed E-state index contributed by atoms with van der Waals surface area (Å²) in [6.45, 7) is 2.39. The van der Waals surface area contributed by atoms with Crippen molar-refractivity contribution in [3.63, 3.8) is 0 Å². The minimum atomic E-state index is -0.232. The zero-order chi connectivity index (χ0) is 13.2. The van der Waals surface area contributed by atoms with E-state index in [9.17, 15) is 9.59 Å². The van der Waals surface area contributed by atoms with Crippen molar-refractivity contribution in [2.24, 2.45) is 0 Å². The van der Waals surface area contributed by atoms with Gasteiger partial charge in [-0.1, -0.05) is 37.3 Å². The molecule has 1 aromatic carbocycles. The molecule has 1 N–H and O–H groups in total. The van der Waals surface area contributed by atoms with E-state index in [2.05, 4.69) is 5.32 Å². The molecule has 4 heteroatoms. The second-order valence-electron chi connectivity index (χ2n) is 3.91. The lowest BCUT2D eigenvalue weighted by atomic mass is 10.1. The number of ether oxygens (including phenoxy) is 1. The van der Waals surface area contributed by atoms with Crippen molar-refractivity contribution in [3.05, 3.63) is 35.9 Å². The largest absolute Gasteiger partial charge is 0.464 e. The number of carbonyl (C=O) groups excluding carboxylic acids is 2. The van der Waals surface area contributed by atoms with Crippen molar-refractivity contribution in [1.82, 2.24) is 5.32 Å². The molecule has 0 bridgehead atoms. The lowest BCUT2D eigenvalue weighted by Crippen LogP contribution is -2.27. The summed E-state index contributed by atoms with van der Waals surface area (Å²) in [6.07, 6.45) is 1.49. The number of nitrogens with one attached hydrogen (secondary N) is 1. The van der Waals surface area contributed by atoms with Gasteiger partial charge in [0.15, 0.2) is 0 Å². The van der Waals surface area contributed by atoms with Crippen LogP contribution in [0.15, 0.2) is 30.3 Å². The van der Waals surface area contributed by atoms with Gasteiger partial charge < -0.3 is 10.1 Å². The molecule has 98 valence electrons. The minimum Gasteiger partial charge on any atom is -0.464 e. The molecule has 1 rings (SSSR count). The van der Waals surface area contributed by atoms with Gasteiger partial charge in [-0.3, -0.25) is 9.59 Å². The van der Waals surface area contributed by atoms with E-state index < -0.39 is 0 Å². The third-order valence-electron chi connectivity index (χ3n) is 2.47. The molecule has 0 atom stereocenters. The fourth-order valence-corrected chi connectivity index (χ4v) is 1.44. The monoisotopic (exact) mass is 249 g/mol. The molecule has 0 fully saturated rings. The Bertz CT molecular complexity index is 376. The maximum absolute atomic E-state index is 11.4. The number of hydrogen-bond donors (Lipinski definition) is 1. The fraction of sp³-hybridized carbons (Fsp3) is 0.429. The molecule has 0 heterocycles. The zero-order valence-electron chi connectivity index (χ0n) is 10.6. The first-order valence-corrected chi connectivity index (χ1v) is 6.18. The van der Waals surface area contributed by atoms with Gasteiger partial charge in [0.1, 0.15) is 6.61 Å². The first-order valence-electron chi connectivity index (χ1n) is 6.18. The van der Waals surface area contributed by atoms with E-state index in [4.69, 9.17) is 4.74 Å². The van der Waals surface area contributed by atoms with Crippen LogP contribution in [0.1, 0.15) is 25.3 Å². The van der Waals surface area contributed by atoms with Gasteiger partial charge in [0.05, 0.1) is 6.54 Å². The topological polar surface area (TPSA) is 55.4 Å². The van der Waals surface area contributed by atoms with Gasteiger partial charge in [-0.2, -0.15) is 0 Å². The van der Waals surface area contributed by atoms with Crippen LogP contribution < -0.4 is 5.32 Å². The van der Waals surface area contributed by atoms with Crippen LogP contribution in [0.25, 0.3) is 0 Å². The average Bonchev–Trinajstić information content (AvgIpc) is 2.42. The summed E-state index contributed by atoms with van der Waals surface area (Å²) >= 11 is 0. The Morgan fingerprint density at radius 2 is 1.94 bits per heavy atom. The average molecular weight is 249 g/mol. The summed E-state index contributed by atoms with van der Waals surface area (Å²) < 4.78 is 5.00. The lowest BCUT2D eigenvalue weighted by molar-refractivity contribution is -0.143. The third-order valence-corrected chi connectivity index (χ3v) is 2.47. The van der Waals surface area contributed by atoms with Gasteiger partial charge in [-0.05, 0) is 12.0 Å². The number of hydrogen-bond acceptors (Lipinski definition) is 3. The summed E-state index contributed by atoms with van der Waals surface area (Å²) in [5, 5.41) is 2.65. The molecule has 0 aliphatic carbocycles. The molecule has 0 spiro atoms. The highest BCUT2D eigenvalue weighted by Gasteiger charge is 2.03. The maximum atomic E-state index is 11.4. The van der Waals surface area contributed by atoms with Crippen molar-refractivity contribution >= 4 is 11.9 Å². The highest BCUT2D eigenvalue weighted by molar-refractivity contribution is 5.75. The standard InChI is InChI=1S/C14H19NO3/c1-2-13(16)15-10-11-18-14(17)9-8-12-6-4-3-5-7-12/h3-7H,2,8-11H2,1H3,(H,15,16). The Morgan fingerprint density at radius 3 is 2.61 bits per heavy atom. The van der Waals surface area contributed by atoms with Crippen LogP contribution in [-0.2, 0) is 20.7 Å². The number of carbonyl (C=O) groups is 2. The van der Waals surface area contributed by atoms with Crippen molar-refractivity contribution < 1.29 is 14.3 Å². The van der Waals surface area contributed by atoms with E-state index in [1.165, 1.54) is 0 Å². The molecule has 0 aliphatic rings. The van der Waals surface area contributed by atoms with Crippen LogP contribution >= 0.6 is 0 Å². The second kappa shape index (κ2) is 8.28. The number of benzene rings is 1. The van der Waals surface area contributed by atoms with Gasteiger partial charge in [0, 0.05) is 12.8 Å². The third kappa shape index (κ3) is 6.03. The maximum Gasteiger partial charge on any atom is 0.306 e. The first-order chi connectivity index (χ1) is 8.72. The summed E-state index contributed by atoms with van der Waals surface area (Å²) in [5.74, 6) is -0.264. The Kier molecular flexibility index (Phi) is 6.54. The molecule has 0 radical (unpaired) electrons. The Hall–Kier alpha value is -1.84. The number of aryl methyl sites for hydroxylation is 1. The van der Waals surface area contributed by atoms with Crippen LogP contribution in [0.2, 0.25) is 0 Å². The van der Waals surface area contributed by atoms with Crippen LogP contribution in [0.4, 0.5) is 0 Å². The predicted octanol–water partition coefficient (Wildman–Crippen LogP) is 1.69. The number of esters is 1. The van der Waals surface area contributed by atoms with E-state index in [1.54, 1.807) is 6.92 Å². The quantitative estimate of drug-likeness (QED) is 0.591. The molecule has 1 aromatic rings. The first kappa shape index (κ1) is 14.2. The van der Waals surface area contributed by atoms with Crippen LogP contribution in [0.3, 0.4) is 0 Å². The normalized spacial score (nSPS) is 9.83. The molecule has 1 amide bonds. The smallest absolute Gasteiger partial charge is 0.306 e. The highest BCUT2D eigenvalue weighted by atomic mass is 16.5. The van der Waals surface area contributed by atoms with Gasteiger partial charge in [-0.15, -0.1) is 0 Å². The summed E-state index contributed by atoms with van der Waals surface area (Å²) in [4.78, 5) is 22.3. The molecule has 0 saturated carbocycles. The van der Waals surface area contributed by atoms with E-state index in [0.717, 1.165) is 5.56 Å². The zero-order valence-corrected chi connectivity index (χ0v) is 10.6. The molecular weight excluding hydrogens is 230 g/mol. The van der Waals surface area contributed by atoms with E-state index in [-0.39, 0.29) is 18.5 Å². The van der Waals surface area contributed by atoms with Gasteiger partial charge in [-0.25, -0.2) is 0 Å². The molecule has 18 heavy (non-hydrogen) atoms. The predicted molar refractivity (Wildman–Crippen MR) is 69.0 cm³/mol. The Labute approximate surface area is 107 Å². The molecule has 0 aromatic heterocycles. The Morgan fingerprint density at radius 1 is 1.22 bits per heavy atom. The second-order valence-corrected chi connectivity index (χ2v) is 3.91. The van der Waals surface area contributed by atoms with Crippen LogP contribution in [0.5, 0.6) is 0 Å². The van der Waals surface area contributed by atoms with Crippen LogP contribution in [-0.4, -0.2) is 25.0 Å². The van der Waals surface area contributed by atoms with Crippen molar-refractivity contribution in [2.45, 2.75) is 26.2 Å². The fourth-order valence-electron chi connectivity index (χ4n) is 1.44. The Balaban J connectivity index is 2.09. The van der Waals surface area contributed by atoms with E-state index in [1.807, 2.05) is 30.3 Å². The molecule has 0 saturated heterocycles. The van der Waals surface area contributed by atoms with Gasteiger partial charge >= 0.3 is 5.97 Å². The van der Waals surface area contributed by atoms with E-state index >= 15 is 0 Å². The summed E-state index contributed by atoms with van der Waals surface area (Å²) in [5.41, 5.74) is 1.12. The van der Waals surface area contributed by atoms with Crippen molar-refractivity contribution in [3.8, 4) is 0 Å². The SMILES string of the molecule is CCC(=O)NCCOC(=O)CCc1ccccc1. The minimum absolute atomic E-state index is 0.0321. The van der Waals surface area contributed by atoms with Gasteiger partial charge in [0.2, 0.25) is 5.91 Å². The molecule has 0 unspecified atom stereocenters.